The second-order valence-corrected chi connectivity index (χ2v) is 6.08. The number of H-pyrrole nitrogens is 1. The van der Waals surface area contributed by atoms with Crippen LogP contribution in [0.4, 0.5) is 5.69 Å². The van der Waals surface area contributed by atoms with Gasteiger partial charge in [-0.1, -0.05) is 6.58 Å². The SMILES string of the molecule is C=C(c1ccn[nH]1)S(=O)(=O)Nc1ccc(OC)c(OC)c1OC. The number of benzene rings is 1. The van der Waals surface area contributed by atoms with Gasteiger partial charge in [-0.05, 0) is 18.2 Å². The number of aromatic amines is 1. The molecule has 0 aliphatic carbocycles. The molecule has 0 saturated carbocycles. The Bertz CT molecular complexity index is 800. The van der Waals surface area contributed by atoms with Crippen molar-refractivity contribution >= 4 is 20.6 Å². The second kappa shape index (κ2) is 6.61. The van der Waals surface area contributed by atoms with Crippen LogP contribution in [0.2, 0.25) is 0 Å². The Morgan fingerprint density at radius 3 is 2.35 bits per heavy atom. The first-order valence-electron chi connectivity index (χ1n) is 6.45. The van der Waals surface area contributed by atoms with Crippen LogP contribution in [-0.4, -0.2) is 39.9 Å². The van der Waals surface area contributed by atoms with Gasteiger partial charge in [0.25, 0.3) is 10.0 Å². The lowest BCUT2D eigenvalue weighted by atomic mass is 10.2. The van der Waals surface area contributed by atoms with Gasteiger partial charge < -0.3 is 14.2 Å². The maximum atomic E-state index is 12.4. The average Bonchev–Trinajstić information content (AvgIpc) is 3.07. The first kappa shape index (κ1) is 16.7. The molecule has 0 amide bonds. The van der Waals surface area contributed by atoms with Crippen molar-refractivity contribution < 1.29 is 22.6 Å². The topological polar surface area (TPSA) is 103 Å². The first-order valence-corrected chi connectivity index (χ1v) is 7.93. The maximum absolute atomic E-state index is 12.4. The molecule has 1 aromatic carbocycles. The first-order chi connectivity index (χ1) is 10.9. The molecule has 0 aliphatic rings. The van der Waals surface area contributed by atoms with Crippen molar-refractivity contribution in [2.45, 2.75) is 0 Å². The van der Waals surface area contributed by atoms with E-state index in [1.807, 2.05) is 0 Å². The molecular weight excluding hydrogens is 322 g/mol. The zero-order chi connectivity index (χ0) is 17.0. The van der Waals surface area contributed by atoms with Gasteiger partial charge in [-0.25, -0.2) is 8.42 Å². The molecule has 1 heterocycles. The molecule has 23 heavy (non-hydrogen) atoms. The lowest BCUT2D eigenvalue weighted by Crippen LogP contribution is -2.15. The van der Waals surface area contributed by atoms with Crippen LogP contribution in [0.1, 0.15) is 5.69 Å². The van der Waals surface area contributed by atoms with E-state index in [9.17, 15) is 8.42 Å². The Labute approximate surface area is 134 Å². The van der Waals surface area contributed by atoms with E-state index in [4.69, 9.17) is 14.2 Å². The number of aromatic nitrogens is 2. The number of ether oxygens (including phenoxy) is 3. The summed E-state index contributed by atoms with van der Waals surface area (Å²) in [4.78, 5) is -0.146. The van der Waals surface area contributed by atoms with Crippen LogP contribution in [0.15, 0.2) is 31.0 Å². The van der Waals surface area contributed by atoms with E-state index in [0.29, 0.717) is 5.75 Å². The highest BCUT2D eigenvalue weighted by Gasteiger charge is 2.23. The van der Waals surface area contributed by atoms with E-state index in [-0.39, 0.29) is 27.8 Å². The number of hydrogen-bond donors (Lipinski definition) is 2. The lowest BCUT2D eigenvalue weighted by Gasteiger charge is -2.17. The van der Waals surface area contributed by atoms with E-state index in [2.05, 4.69) is 21.5 Å². The van der Waals surface area contributed by atoms with Crippen LogP contribution in [0.3, 0.4) is 0 Å². The fourth-order valence-corrected chi connectivity index (χ4v) is 2.92. The van der Waals surface area contributed by atoms with E-state index >= 15 is 0 Å². The van der Waals surface area contributed by atoms with Crippen LogP contribution in [0, 0.1) is 0 Å². The zero-order valence-electron chi connectivity index (χ0n) is 12.9. The maximum Gasteiger partial charge on any atom is 0.263 e. The van der Waals surface area contributed by atoms with Gasteiger partial charge in [0.2, 0.25) is 5.75 Å². The molecule has 1 aromatic heterocycles. The molecule has 2 aromatic rings. The third kappa shape index (κ3) is 3.24. The van der Waals surface area contributed by atoms with Crippen molar-refractivity contribution in [3.05, 3.63) is 36.7 Å². The number of sulfonamides is 1. The van der Waals surface area contributed by atoms with E-state index < -0.39 is 10.0 Å². The number of anilines is 1. The minimum atomic E-state index is -3.91. The Morgan fingerprint density at radius 2 is 1.83 bits per heavy atom. The zero-order valence-corrected chi connectivity index (χ0v) is 13.7. The fourth-order valence-electron chi connectivity index (χ4n) is 1.94. The summed E-state index contributed by atoms with van der Waals surface area (Å²) < 4.78 is 42.9. The van der Waals surface area contributed by atoms with Crippen molar-refractivity contribution in [2.75, 3.05) is 26.1 Å². The highest BCUT2D eigenvalue weighted by atomic mass is 32.2. The van der Waals surface area contributed by atoms with Gasteiger partial charge >= 0.3 is 0 Å². The summed E-state index contributed by atoms with van der Waals surface area (Å²) in [6, 6.07) is 4.59. The Kier molecular flexibility index (Phi) is 4.80. The minimum absolute atomic E-state index is 0.146. The molecule has 0 radical (unpaired) electrons. The van der Waals surface area contributed by atoms with E-state index in [1.54, 1.807) is 6.07 Å². The number of methoxy groups -OCH3 is 3. The molecule has 0 aliphatic heterocycles. The number of nitrogens with one attached hydrogen (secondary N) is 2. The van der Waals surface area contributed by atoms with E-state index in [0.717, 1.165) is 0 Å². The third-order valence-electron chi connectivity index (χ3n) is 3.07. The Balaban J connectivity index is 2.41. The van der Waals surface area contributed by atoms with Gasteiger partial charge in [0.1, 0.15) is 4.91 Å². The largest absolute Gasteiger partial charge is 0.493 e. The Hall–Kier alpha value is -2.68. The van der Waals surface area contributed by atoms with Gasteiger partial charge in [-0.15, -0.1) is 0 Å². The highest BCUT2D eigenvalue weighted by Crippen LogP contribution is 2.43. The molecule has 0 atom stereocenters. The van der Waals surface area contributed by atoms with Crippen LogP contribution in [-0.2, 0) is 10.0 Å². The summed E-state index contributed by atoms with van der Waals surface area (Å²) in [5.41, 5.74) is 0.489. The van der Waals surface area contributed by atoms with Crippen LogP contribution in [0.5, 0.6) is 17.2 Å². The van der Waals surface area contributed by atoms with Crippen LogP contribution < -0.4 is 18.9 Å². The normalized spacial score (nSPS) is 10.9. The molecule has 9 heteroatoms. The molecule has 0 bridgehead atoms. The summed E-state index contributed by atoms with van der Waals surface area (Å²) in [5, 5.41) is 6.26. The van der Waals surface area contributed by atoms with Gasteiger partial charge in [-0.3, -0.25) is 9.82 Å². The van der Waals surface area contributed by atoms with Crippen molar-refractivity contribution in [3.63, 3.8) is 0 Å². The standard InChI is InChI=1S/C14H17N3O5S/c1-9(10-7-8-15-16-10)23(18,19)17-11-5-6-12(20-2)14(22-4)13(11)21-3/h5-8,17H,1H2,2-4H3,(H,15,16). The quantitative estimate of drug-likeness (QED) is 0.798. The minimum Gasteiger partial charge on any atom is -0.493 e. The number of hydrogen-bond acceptors (Lipinski definition) is 6. The Morgan fingerprint density at radius 1 is 1.13 bits per heavy atom. The van der Waals surface area contributed by atoms with Gasteiger partial charge in [0, 0.05) is 6.20 Å². The fraction of sp³-hybridized carbons (Fsp3) is 0.214. The van der Waals surface area contributed by atoms with Gasteiger partial charge in [0.15, 0.2) is 11.5 Å². The number of nitrogens with zero attached hydrogens (tertiary/aromatic N) is 1. The van der Waals surface area contributed by atoms with Crippen molar-refractivity contribution in [1.82, 2.24) is 10.2 Å². The predicted molar refractivity (Wildman–Crippen MR) is 86.3 cm³/mol. The molecular formula is C14H17N3O5S. The van der Waals surface area contributed by atoms with Crippen molar-refractivity contribution in [1.29, 1.82) is 0 Å². The average molecular weight is 339 g/mol. The highest BCUT2D eigenvalue weighted by molar-refractivity contribution is 8.01. The van der Waals surface area contributed by atoms with Crippen LogP contribution >= 0.6 is 0 Å². The van der Waals surface area contributed by atoms with E-state index in [1.165, 1.54) is 39.7 Å². The van der Waals surface area contributed by atoms with Gasteiger partial charge in [0.05, 0.1) is 32.7 Å². The molecule has 0 unspecified atom stereocenters. The molecule has 2 rings (SSSR count). The molecule has 2 N–H and O–H groups in total. The molecule has 0 saturated heterocycles. The summed E-state index contributed by atoms with van der Waals surface area (Å²) >= 11 is 0. The second-order valence-electron chi connectivity index (χ2n) is 4.38. The lowest BCUT2D eigenvalue weighted by molar-refractivity contribution is 0.325. The van der Waals surface area contributed by atoms with Gasteiger partial charge in [-0.2, -0.15) is 5.10 Å². The smallest absolute Gasteiger partial charge is 0.263 e. The third-order valence-corrected chi connectivity index (χ3v) is 4.43. The summed E-state index contributed by atoms with van der Waals surface area (Å²) in [7, 11) is 0.402. The summed E-state index contributed by atoms with van der Waals surface area (Å²) in [6.45, 7) is 3.58. The number of rotatable bonds is 7. The van der Waals surface area contributed by atoms with Crippen molar-refractivity contribution in [2.24, 2.45) is 0 Å². The monoisotopic (exact) mass is 339 g/mol. The van der Waals surface area contributed by atoms with Crippen molar-refractivity contribution in [3.8, 4) is 17.2 Å². The molecule has 0 spiro atoms. The molecule has 8 nitrogen and oxygen atoms in total. The summed E-state index contributed by atoms with van der Waals surface area (Å²) in [6.07, 6.45) is 1.44. The van der Waals surface area contributed by atoms with Crippen LogP contribution in [0.25, 0.3) is 4.91 Å². The molecule has 0 fully saturated rings. The summed E-state index contributed by atoms with van der Waals surface area (Å²) in [5.74, 6) is 0.898. The molecule has 124 valence electrons. The predicted octanol–water partition coefficient (Wildman–Crippen LogP) is 1.85.